The zero-order chi connectivity index (χ0) is 9.14. The van der Waals surface area contributed by atoms with Crippen LogP contribution >= 0.6 is 11.3 Å². The van der Waals surface area contributed by atoms with Gasteiger partial charge in [-0.2, -0.15) is 0 Å². The Kier molecular flexibility index (Phi) is 2.82. The molecule has 0 spiro atoms. The minimum absolute atomic E-state index is 0.0956. The average molecular weight is 180 g/mol. The number of thiophene rings is 1. The highest BCUT2D eigenvalue weighted by atomic mass is 32.1. The Morgan fingerprint density at radius 2 is 2.17 bits per heavy atom. The number of hydrogen-bond donors (Lipinski definition) is 0. The molecule has 2 heteroatoms. The smallest absolute Gasteiger partial charge is 0.152 e. The van der Waals surface area contributed by atoms with Crippen LogP contribution in [0.5, 0.6) is 0 Å². The number of carbonyl (C=O) groups excluding carboxylic acids is 1. The van der Waals surface area contributed by atoms with Gasteiger partial charge in [-0.05, 0) is 38.5 Å². The summed E-state index contributed by atoms with van der Waals surface area (Å²) in [6.45, 7) is 5.70. The van der Waals surface area contributed by atoms with Gasteiger partial charge in [-0.1, -0.05) is 6.08 Å². The van der Waals surface area contributed by atoms with E-state index in [0.29, 0.717) is 0 Å². The van der Waals surface area contributed by atoms with Crippen molar-refractivity contribution >= 4 is 23.2 Å². The van der Waals surface area contributed by atoms with Gasteiger partial charge in [-0.15, -0.1) is 11.3 Å². The molecular formula is C10H12OS. The maximum absolute atomic E-state index is 10.7. The predicted octanol–water partition coefficient (Wildman–Crippen LogP) is 2.97. The minimum Gasteiger partial charge on any atom is -0.295 e. The molecule has 12 heavy (non-hydrogen) atoms. The van der Waals surface area contributed by atoms with Gasteiger partial charge in [0, 0.05) is 9.75 Å². The maximum atomic E-state index is 10.7. The van der Waals surface area contributed by atoms with Crippen LogP contribution in [-0.2, 0) is 4.79 Å². The van der Waals surface area contributed by atoms with Crippen molar-refractivity contribution in [1.82, 2.24) is 0 Å². The van der Waals surface area contributed by atoms with Gasteiger partial charge < -0.3 is 0 Å². The monoisotopic (exact) mass is 180 g/mol. The van der Waals surface area contributed by atoms with E-state index in [4.69, 9.17) is 0 Å². The fraction of sp³-hybridized carbons (Fsp3) is 0.300. The van der Waals surface area contributed by atoms with Crippen LogP contribution in [0.25, 0.3) is 6.08 Å². The number of allylic oxidation sites excluding steroid dienone is 1. The second-order valence-electron chi connectivity index (χ2n) is 2.81. The molecule has 1 aromatic heterocycles. The maximum Gasteiger partial charge on any atom is 0.152 e. The zero-order valence-corrected chi connectivity index (χ0v) is 8.37. The number of aryl methyl sites for hydroxylation is 2. The van der Waals surface area contributed by atoms with Crippen LogP contribution in [0.4, 0.5) is 0 Å². The van der Waals surface area contributed by atoms with E-state index < -0.39 is 0 Å². The molecule has 1 rings (SSSR count). The third-order valence-electron chi connectivity index (χ3n) is 1.58. The summed E-state index contributed by atoms with van der Waals surface area (Å²) in [4.78, 5) is 13.2. The van der Waals surface area contributed by atoms with Gasteiger partial charge in [-0.25, -0.2) is 0 Å². The topological polar surface area (TPSA) is 17.1 Å². The highest BCUT2D eigenvalue weighted by molar-refractivity contribution is 7.12. The van der Waals surface area contributed by atoms with Crippen LogP contribution in [-0.4, -0.2) is 5.78 Å². The summed E-state index contributed by atoms with van der Waals surface area (Å²) in [5, 5.41) is 0. The van der Waals surface area contributed by atoms with Gasteiger partial charge in [-0.3, -0.25) is 4.79 Å². The molecule has 0 bridgehead atoms. The minimum atomic E-state index is 0.0956. The lowest BCUT2D eigenvalue weighted by molar-refractivity contribution is -0.112. The number of hydrogen-bond acceptors (Lipinski definition) is 2. The molecular weight excluding hydrogens is 168 g/mol. The molecule has 0 unspecified atom stereocenters. The van der Waals surface area contributed by atoms with Crippen molar-refractivity contribution in [2.24, 2.45) is 0 Å². The van der Waals surface area contributed by atoms with Crippen molar-refractivity contribution in [2.75, 3.05) is 0 Å². The lowest BCUT2D eigenvalue weighted by Gasteiger charge is -1.86. The first-order valence-electron chi connectivity index (χ1n) is 3.85. The quantitative estimate of drug-likeness (QED) is 0.639. The van der Waals surface area contributed by atoms with Gasteiger partial charge in [0.2, 0.25) is 0 Å². The van der Waals surface area contributed by atoms with Gasteiger partial charge in [0.15, 0.2) is 5.78 Å². The first kappa shape index (κ1) is 9.20. The van der Waals surface area contributed by atoms with E-state index in [2.05, 4.69) is 19.9 Å². The van der Waals surface area contributed by atoms with Crippen molar-refractivity contribution in [1.29, 1.82) is 0 Å². The molecule has 0 fully saturated rings. The van der Waals surface area contributed by atoms with Crippen LogP contribution < -0.4 is 0 Å². The number of rotatable bonds is 2. The summed E-state index contributed by atoms with van der Waals surface area (Å²) in [6.07, 6.45) is 3.48. The molecule has 1 nitrogen and oxygen atoms in total. The van der Waals surface area contributed by atoms with Crippen LogP contribution in [0.3, 0.4) is 0 Å². The largest absolute Gasteiger partial charge is 0.295 e. The van der Waals surface area contributed by atoms with Gasteiger partial charge in [0.1, 0.15) is 0 Å². The Balaban J connectivity index is 2.89. The SMILES string of the molecule is CC(=O)/C=C/c1cc(C)sc1C. The normalized spacial score (nSPS) is 10.9. The Hall–Kier alpha value is -0.890. The van der Waals surface area contributed by atoms with Gasteiger partial charge >= 0.3 is 0 Å². The van der Waals surface area contributed by atoms with Gasteiger partial charge in [0.25, 0.3) is 0 Å². The second kappa shape index (κ2) is 3.68. The van der Waals surface area contributed by atoms with Crippen molar-refractivity contribution < 1.29 is 4.79 Å². The molecule has 0 saturated heterocycles. The molecule has 0 N–H and O–H groups in total. The van der Waals surface area contributed by atoms with E-state index in [1.54, 1.807) is 24.3 Å². The second-order valence-corrected chi connectivity index (χ2v) is 4.27. The summed E-state index contributed by atoms with van der Waals surface area (Å²) in [6, 6.07) is 2.10. The fourth-order valence-corrected chi connectivity index (χ4v) is 1.94. The third kappa shape index (κ3) is 2.31. The van der Waals surface area contributed by atoms with E-state index >= 15 is 0 Å². The van der Waals surface area contributed by atoms with E-state index in [0.717, 1.165) is 5.56 Å². The van der Waals surface area contributed by atoms with Crippen LogP contribution in [0.15, 0.2) is 12.1 Å². The average Bonchev–Trinajstić information content (AvgIpc) is 2.26. The highest BCUT2D eigenvalue weighted by Gasteiger charge is 1.98. The van der Waals surface area contributed by atoms with Gasteiger partial charge in [0.05, 0.1) is 0 Å². The lowest BCUT2D eigenvalue weighted by Crippen LogP contribution is -1.79. The molecule has 0 aromatic carbocycles. The first-order valence-corrected chi connectivity index (χ1v) is 4.67. The molecule has 0 aliphatic heterocycles. The predicted molar refractivity (Wildman–Crippen MR) is 53.5 cm³/mol. The highest BCUT2D eigenvalue weighted by Crippen LogP contribution is 2.21. The molecule has 0 aliphatic rings. The molecule has 0 radical (unpaired) electrons. The molecule has 0 saturated carbocycles. The Bertz CT molecular complexity index is 321. The zero-order valence-electron chi connectivity index (χ0n) is 7.55. The summed E-state index contributed by atoms with van der Waals surface area (Å²) >= 11 is 1.76. The van der Waals surface area contributed by atoms with E-state index in [-0.39, 0.29) is 5.78 Å². The molecule has 0 atom stereocenters. The van der Waals surface area contributed by atoms with Crippen molar-refractivity contribution in [2.45, 2.75) is 20.8 Å². The van der Waals surface area contributed by atoms with E-state index in [9.17, 15) is 4.79 Å². The molecule has 1 aromatic rings. The van der Waals surface area contributed by atoms with Crippen molar-refractivity contribution in [3.8, 4) is 0 Å². The van der Waals surface area contributed by atoms with Crippen molar-refractivity contribution in [3.63, 3.8) is 0 Å². The van der Waals surface area contributed by atoms with Crippen molar-refractivity contribution in [3.05, 3.63) is 27.5 Å². The summed E-state index contributed by atoms with van der Waals surface area (Å²) in [5.41, 5.74) is 1.16. The van der Waals surface area contributed by atoms with E-state index in [1.165, 1.54) is 9.75 Å². The third-order valence-corrected chi connectivity index (χ3v) is 2.56. The Morgan fingerprint density at radius 3 is 2.58 bits per heavy atom. The van der Waals surface area contributed by atoms with Crippen LogP contribution in [0.2, 0.25) is 0 Å². The Labute approximate surface area is 76.7 Å². The number of carbonyl (C=O) groups is 1. The first-order chi connectivity index (χ1) is 5.59. The molecule has 1 heterocycles. The van der Waals surface area contributed by atoms with Crippen LogP contribution in [0.1, 0.15) is 22.2 Å². The summed E-state index contributed by atoms with van der Waals surface area (Å²) in [5.74, 6) is 0.0956. The fourth-order valence-electron chi connectivity index (χ4n) is 1.02. The summed E-state index contributed by atoms with van der Waals surface area (Å²) in [7, 11) is 0. The molecule has 0 amide bonds. The standard InChI is InChI=1S/C10H12OS/c1-7(11)4-5-10-6-8(2)12-9(10)3/h4-6H,1-3H3/b5-4+. The molecule has 64 valence electrons. The number of ketones is 1. The van der Waals surface area contributed by atoms with Crippen LogP contribution in [0, 0.1) is 13.8 Å². The molecule has 0 aliphatic carbocycles. The summed E-state index contributed by atoms with van der Waals surface area (Å²) < 4.78 is 0. The Morgan fingerprint density at radius 1 is 1.50 bits per heavy atom. The van der Waals surface area contributed by atoms with E-state index in [1.807, 2.05) is 6.08 Å². The lowest BCUT2D eigenvalue weighted by atomic mass is 10.2.